The lowest BCUT2D eigenvalue weighted by Gasteiger charge is -2.31. The molecule has 6 nitrogen and oxygen atoms in total. The summed E-state index contributed by atoms with van der Waals surface area (Å²) in [7, 11) is 0. The second kappa shape index (κ2) is 7.66. The van der Waals surface area contributed by atoms with Crippen molar-refractivity contribution >= 4 is 16.8 Å². The Morgan fingerprint density at radius 3 is 2.75 bits per heavy atom. The molecule has 0 N–H and O–H groups in total. The molecule has 1 amide bonds. The molecule has 150 valence electrons. The minimum Gasteiger partial charge on any atom is -0.338 e. The number of carbonyl (C=O) groups is 1. The third kappa shape index (κ3) is 3.58. The molecular formula is C22H30N4O2. The zero-order valence-electron chi connectivity index (χ0n) is 17.1. The molecule has 3 heterocycles. The van der Waals surface area contributed by atoms with Crippen LogP contribution in [-0.2, 0) is 13.0 Å². The first-order valence-corrected chi connectivity index (χ1v) is 10.5. The summed E-state index contributed by atoms with van der Waals surface area (Å²) in [5, 5.41) is 0.602. The van der Waals surface area contributed by atoms with Crippen LogP contribution >= 0.6 is 0 Å². The summed E-state index contributed by atoms with van der Waals surface area (Å²) >= 11 is 0. The molecule has 1 atom stereocenters. The van der Waals surface area contributed by atoms with Gasteiger partial charge < -0.3 is 4.90 Å². The number of fused-ring (bicyclic) bond motifs is 2. The van der Waals surface area contributed by atoms with E-state index in [4.69, 9.17) is 4.98 Å². The topological polar surface area (TPSA) is 58.4 Å². The summed E-state index contributed by atoms with van der Waals surface area (Å²) in [6.07, 6.45) is 2.99. The minimum absolute atomic E-state index is 0.0104. The van der Waals surface area contributed by atoms with Crippen molar-refractivity contribution in [2.75, 3.05) is 26.2 Å². The zero-order valence-corrected chi connectivity index (χ0v) is 17.1. The highest BCUT2D eigenvalue weighted by molar-refractivity contribution is 5.97. The average Bonchev–Trinajstić information content (AvgIpc) is 2.90. The average molecular weight is 383 g/mol. The largest absolute Gasteiger partial charge is 0.338 e. The van der Waals surface area contributed by atoms with Gasteiger partial charge in [0, 0.05) is 50.7 Å². The van der Waals surface area contributed by atoms with Crippen LogP contribution in [0.5, 0.6) is 0 Å². The molecule has 6 heteroatoms. The number of benzene rings is 1. The van der Waals surface area contributed by atoms with Gasteiger partial charge in [0.2, 0.25) is 0 Å². The number of hydrogen-bond acceptors (Lipinski definition) is 4. The Hall–Kier alpha value is -2.21. The Kier molecular flexibility index (Phi) is 5.23. The number of carbonyl (C=O) groups excluding carboxylic acids is 1. The Bertz CT molecular complexity index is 949. The molecule has 2 aromatic rings. The van der Waals surface area contributed by atoms with Gasteiger partial charge in [0.1, 0.15) is 5.82 Å². The van der Waals surface area contributed by atoms with Gasteiger partial charge in [-0.3, -0.25) is 19.1 Å². The van der Waals surface area contributed by atoms with E-state index in [1.807, 2.05) is 15.5 Å². The smallest absolute Gasteiger partial charge is 0.261 e. The highest BCUT2D eigenvalue weighted by Crippen LogP contribution is 2.20. The molecule has 0 spiro atoms. The molecule has 0 bridgehead atoms. The summed E-state index contributed by atoms with van der Waals surface area (Å²) in [5.41, 5.74) is 1.29. The Balaban J connectivity index is 1.67. The van der Waals surface area contributed by atoms with Gasteiger partial charge in [-0.2, -0.15) is 0 Å². The number of piperidine rings is 1. The first kappa shape index (κ1) is 19.1. The van der Waals surface area contributed by atoms with E-state index in [2.05, 4.69) is 25.7 Å². The molecule has 0 unspecified atom stereocenters. The van der Waals surface area contributed by atoms with Crippen LogP contribution in [0.15, 0.2) is 23.0 Å². The maximum absolute atomic E-state index is 13.0. The van der Waals surface area contributed by atoms with Gasteiger partial charge in [0.15, 0.2) is 0 Å². The van der Waals surface area contributed by atoms with Gasteiger partial charge in [-0.15, -0.1) is 0 Å². The third-order valence-electron chi connectivity index (χ3n) is 6.19. The van der Waals surface area contributed by atoms with E-state index in [1.54, 1.807) is 12.1 Å². The van der Waals surface area contributed by atoms with Crippen LogP contribution in [0, 0.1) is 5.92 Å². The molecule has 1 saturated heterocycles. The van der Waals surface area contributed by atoms with Gasteiger partial charge in [0.25, 0.3) is 11.5 Å². The molecule has 1 fully saturated rings. The van der Waals surface area contributed by atoms with Crippen LogP contribution in [0.3, 0.4) is 0 Å². The number of nitrogens with zero attached hydrogens (tertiary/aromatic N) is 4. The maximum Gasteiger partial charge on any atom is 0.261 e. The van der Waals surface area contributed by atoms with E-state index in [9.17, 15) is 9.59 Å². The van der Waals surface area contributed by atoms with Crippen LogP contribution in [0.1, 0.15) is 49.8 Å². The molecule has 2 aliphatic rings. The van der Waals surface area contributed by atoms with E-state index in [0.29, 0.717) is 35.0 Å². The molecule has 0 saturated carbocycles. The van der Waals surface area contributed by atoms with Crippen molar-refractivity contribution < 1.29 is 4.79 Å². The lowest BCUT2D eigenvalue weighted by atomic mass is 9.99. The van der Waals surface area contributed by atoms with E-state index in [-0.39, 0.29) is 11.5 Å². The summed E-state index contributed by atoms with van der Waals surface area (Å²) in [6, 6.07) is 5.83. The second-order valence-electron chi connectivity index (χ2n) is 8.60. The minimum atomic E-state index is 0.0104. The van der Waals surface area contributed by atoms with Crippen LogP contribution in [0.4, 0.5) is 0 Å². The molecule has 0 radical (unpaired) electrons. The molecule has 0 aliphatic carbocycles. The first-order valence-electron chi connectivity index (χ1n) is 10.5. The first-order chi connectivity index (χ1) is 13.4. The maximum atomic E-state index is 13.0. The molecule has 4 rings (SSSR count). The number of rotatable bonds is 2. The van der Waals surface area contributed by atoms with Crippen molar-refractivity contribution in [1.82, 2.24) is 19.4 Å². The van der Waals surface area contributed by atoms with Crippen LogP contribution in [-0.4, -0.2) is 57.5 Å². The Morgan fingerprint density at radius 1 is 1.18 bits per heavy atom. The van der Waals surface area contributed by atoms with Gasteiger partial charge in [0.05, 0.1) is 10.9 Å². The molecular weight excluding hydrogens is 352 g/mol. The monoisotopic (exact) mass is 382 g/mol. The Labute approximate surface area is 166 Å². The fraction of sp³-hybridized carbons (Fsp3) is 0.591. The quantitative estimate of drug-likeness (QED) is 0.801. The van der Waals surface area contributed by atoms with Gasteiger partial charge in [-0.05, 0) is 50.8 Å². The third-order valence-corrected chi connectivity index (χ3v) is 6.19. The van der Waals surface area contributed by atoms with E-state index < -0.39 is 0 Å². The van der Waals surface area contributed by atoms with Crippen molar-refractivity contribution in [3.05, 3.63) is 39.9 Å². The fourth-order valence-electron chi connectivity index (χ4n) is 4.48. The molecule has 2 aliphatic heterocycles. The predicted octanol–water partition coefficient (Wildman–Crippen LogP) is 2.54. The van der Waals surface area contributed by atoms with Crippen LogP contribution in [0.2, 0.25) is 0 Å². The van der Waals surface area contributed by atoms with Crippen molar-refractivity contribution in [2.45, 2.75) is 52.6 Å². The summed E-state index contributed by atoms with van der Waals surface area (Å²) < 4.78 is 1.82. The molecule has 28 heavy (non-hydrogen) atoms. The van der Waals surface area contributed by atoms with E-state index >= 15 is 0 Å². The normalized spacial score (nSPS) is 21.0. The van der Waals surface area contributed by atoms with Gasteiger partial charge >= 0.3 is 0 Å². The van der Waals surface area contributed by atoms with Gasteiger partial charge in [-0.25, -0.2) is 4.98 Å². The number of hydrogen-bond donors (Lipinski definition) is 0. The second-order valence-corrected chi connectivity index (χ2v) is 8.60. The fourth-order valence-corrected chi connectivity index (χ4v) is 4.48. The molecule has 1 aromatic carbocycles. The summed E-state index contributed by atoms with van der Waals surface area (Å²) in [5.74, 6) is 1.42. The number of aromatic nitrogens is 2. The van der Waals surface area contributed by atoms with Crippen LogP contribution < -0.4 is 5.56 Å². The highest BCUT2D eigenvalue weighted by atomic mass is 16.2. The predicted molar refractivity (Wildman–Crippen MR) is 111 cm³/mol. The lowest BCUT2D eigenvalue weighted by Crippen LogP contribution is -2.39. The standard InChI is InChI=1S/C22H30N4O2/c1-15(2)24-10-8-20-23-19-13-17(21(27)25-9-4-5-16(3)14-25)6-7-18(19)22(28)26(20)12-11-24/h6-7,13,15-16H,4-5,8-12,14H2,1-3H3/t16-/m0/s1. The molecule has 1 aromatic heterocycles. The number of likely N-dealkylation sites (tertiary alicyclic amines) is 1. The van der Waals surface area contributed by atoms with Crippen molar-refractivity contribution in [3.63, 3.8) is 0 Å². The lowest BCUT2D eigenvalue weighted by molar-refractivity contribution is 0.0683. The van der Waals surface area contributed by atoms with E-state index in [0.717, 1.165) is 44.8 Å². The van der Waals surface area contributed by atoms with E-state index in [1.165, 1.54) is 6.42 Å². The Morgan fingerprint density at radius 2 is 2.00 bits per heavy atom. The van der Waals surface area contributed by atoms with Gasteiger partial charge in [-0.1, -0.05) is 6.92 Å². The highest BCUT2D eigenvalue weighted by Gasteiger charge is 2.23. The van der Waals surface area contributed by atoms with Crippen molar-refractivity contribution in [1.29, 1.82) is 0 Å². The SMILES string of the molecule is CC(C)N1CCc2nc3cc(C(=O)N4CCC[C@H](C)C4)ccc3c(=O)n2CC1. The van der Waals surface area contributed by atoms with Crippen LogP contribution in [0.25, 0.3) is 10.9 Å². The zero-order chi connectivity index (χ0) is 19.8. The summed E-state index contributed by atoms with van der Waals surface area (Å²) in [6.45, 7) is 10.6. The number of amides is 1. The summed E-state index contributed by atoms with van der Waals surface area (Å²) in [4.78, 5) is 35.1. The van der Waals surface area contributed by atoms with Crippen molar-refractivity contribution in [2.24, 2.45) is 5.92 Å². The van der Waals surface area contributed by atoms with Crippen molar-refractivity contribution in [3.8, 4) is 0 Å².